The zero-order valence-electron chi connectivity index (χ0n) is 23.4. The van der Waals surface area contributed by atoms with E-state index in [4.69, 9.17) is 4.74 Å². The third-order valence-corrected chi connectivity index (χ3v) is 6.98. The fourth-order valence-corrected chi connectivity index (χ4v) is 4.60. The number of ketones is 1. The quantitative estimate of drug-likeness (QED) is 0.202. The normalized spacial score (nSPS) is 11.8. The van der Waals surface area contributed by atoms with Crippen LogP contribution in [0, 0.1) is 0 Å². The summed E-state index contributed by atoms with van der Waals surface area (Å²) in [5.41, 5.74) is 7.40. The number of carbonyl (C=O) groups excluding carboxylic acids is 2. The number of ether oxygens (including phenoxy) is 1. The van der Waals surface area contributed by atoms with Crippen molar-refractivity contribution in [1.29, 1.82) is 0 Å². The molecule has 4 rings (SSSR count). The Kier molecular flexibility index (Phi) is 7.42. The minimum atomic E-state index is -0.472. The summed E-state index contributed by atoms with van der Waals surface area (Å²) in [7, 11) is 1.36. The molecule has 0 unspecified atom stereocenters. The molecule has 4 aromatic rings. The van der Waals surface area contributed by atoms with E-state index in [1.54, 1.807) is 12.1 Å². The molecule has 0 bridgehead atoms. The van der Waals surface area contributed by atoms with Gasteiger partial charge in [0.2, 0.25) is 0 Å². The molecule has 194 valence electrons. The Balaban J connectivity index is 1.74. The molecule has 4 aromatic carbocycles. The number of hydrogen-bond donors (Lipinski definition) is 0. The molecular formula is C35H36O3. The van der Waals surface area contributed by atoms with Crippen LogP contribution >= 0.6 is 0 Å². The van der Waals surface area contributed by atoms with Gasteiger partial charge in [0.25, 0.3) is 0 Å². The number of benzene rings is 4. The van der Waals surface area contributed by atoms with Gasteiger partial charge in [-0.1, -0.05) is 126 Å². The van der Waals surface area contributed by atoms with E-state index in [0.717, 1.165) is 22.3 Å². The highest BCUT2D eigenvalue weighted by molar-refractivity contribution is 6.14. The third-order valence-electron chi connectivity index (χ3n) is 6.98. The van der Waals surface area contributed by atoms with Crippen LogP contribution < -0.4 is 0 Å². The van der Waals surface area contributed by atoms with Gasteiger partial charge >= 0.3 is 5.97 Å². The van der Waals surface area contributed by atoms with Crippen molar-refractivity contribution >= 4 is 11.8 Å². The van der Waals surface area contributed by atoms with Crippen molar-refractivity contribution in [2.75, 3.05) is 7.11 Å². The molecule has 0 fully saturated rings. The summed E-state index contributed by atoms with van der Waals surface area (Å²) in [5.74, 6) is -0.610. The molecule has 0 saturated carbocycles. The van der Waals surface area contributed by atoms with Crippen LogP contribution in [0.15, 0.2) is 91.0 Å². The molecule has 0 aliphatic rings. The second-order valence-corrected chi connectivity index (χ2v) is 11.8. The van der Waals surface area contributed by atoms with E-state index < -0.39 is 5.97 Å². The van der Waals surface area contributed by atoms with E-state index in [9.17, 15) is 9.59 Å². The molecule has 0 atom stereocenters. The molecule has 3 nitrogen and oxygen atoms in total. The fraction of sp³-hybridized carbons (Fsp3) is 0.257. The largest absolute Gasteiger partial charge is 0.465 e. The Morgan fingerprint density at radius 1 is 0.579 bits per heavy atom. The van der Waals surface area contributed by atoms with Crippen LogP contribution in [0.4, 0.5) is 0 Å². The first-order chi connectivity index (χ1) is 17.9. The Hall–Kier alpha value is -3.98. The van der Waals surface area contributed by atoms with Crippen LogP contribution in [-0.4, -0.2) is 18.9 Å². The second kappa shape index (κ2) is 10.4. The summed E-state index contributed by atoms with van der Waals surface area (Å²) in [6, 6.07) is 29.5. The van der Waals surface area contributed by atoms with Crippen LogP contribution in [0.5, 0.6) is 0 Å². The highest BCUT2D eigenvalue weighted by atomic mass is 16.5. The average molecular weight is 505 g/mol. The van der Waals surface area contributed by atoms with Gasteiger partial charge in [-0.05, 0) is 50.3 Å². The first-order valence-electron chi connectivity index (χ1n) is 13.0. The Morgan fingerprint density at radius 2 is 1.05 bits per heavy atom. The van der Waals surface area contributed by atoms with E-state index in [0.29, 0.717) is 16.7 Å². The molecule has 0 radical (unpaired) electrons. The molecule has 0 aliphatic heterocycles. The molecule has 0 aromatic heterocycles. The molecule has 38 heavy (non-hydrogen) atoms. The maximum Gasteiger partial charge on any atom is 0.338 e. The Labute approximate surface area is 226 Å². The first-order valence-corrected chi connectivity index (χ1v) is 13.0. The zero-order valence-corrected chi connectivity index (χ0v) is 23.4. The summed E-state index contributed by atoms with van der Waals surface area (Å²) >= 11 is 0. The minimum Gasteiger partial charge on any atom is -0.465 e. The summed E-state index contributed by atoms with van der Waals surface area (Å²) < 4.78 is 5.10. The van der Waals surface area contributed by atoms with Gasteiger partial charge in [-0.3, -0.25) is 4.79 Å². The van der Waals surface area contributed by atoms with Gasteiger partial charge in [0.15, 0.2) is 5.78 Å². The van der Waals surface area contributed by atoms with E-state index in [1.165, 1.54) is 18.2 Å². The Bertz CT molecular complexity index is 1460. The number of hydrogen-bond acceptors (Lipinski definition) is 3. The van der Waals surface area contributed by atoms with Crippen molar-refractivity contribution in [1.82, 2.24) is 0 Å². The van der Waals surface area contributed by atoms with Crippen LogP contribution in [0.25, 0.3) is 22.3 Å². The third kappa shape index (κ3) is 5.62. The van der Waals surface area contributed by atoms with Gasteiger partial charge in [0.1, 0.15) is 0 Å². The van der Waals surface area contributed by atoms with Crippen LogP contribution in [0.3, 0.4) is 0 Å². The van der Waals surface area contributed by atoms with E-state index in [-0.39, 0.29) is 16.6 Å². The van der Waals surface area contributed by atoms with E-state index in [1.807, 2.05) is 42.5 Å². The average Bonchev–Trinajstić information content (AvgIpc) is 2.91. The molecule has 0 spiro atoms. The van der Waals surface area contributed by atoms with Crippen molar-refractivity contribution < 1.29 is 14.3 Å². The second-order valence-electron chi connectivity index (χ2n) is 11.8. The maximum absolute atomic E-state index is 13.8. The predicted octanol–water partition coefficient (Wildman–Crippen LogP) is 8.63. The molecule has 0 N–H and O–H groups in total. The van der Waals surface area contributed by atoms with Gasteiger partial charge in [-0.15, -0.1) is 0 Å². The van der Waals surface area contributed by atoms with Gasteiger partial charge < -0.3 is 4.74 Å². The minimum absolute atomic E-state index is 0.0282. The number of carbonyl (C=O) groups is 2. The number of rotatable bonds is 5. The summed E-state index contributed by atoms with van der Waals surface area (Å²) in [4.78, 5) is 26.6. The topological polar surface area (TPSA) is 43.4 Å². The number of esters is 1. The van der Waals surface area contributed by atoms with E-state index >= 15 is 0 Å². The molecule has 0 aliphatic carbocycles. The Morgan fingerprint density at radius 3 is 1.53 bits per heavy atom. The smallest absolute Gasteiger partial charge is 0.338 e. The monoisotopic (exact) mass is 504 g/mol. The molecule has 3 heteroatoms. The number of methoxy groups -OCH3 is 1. The maximum atomic E-state index is 13.8. The van der Waals surface area contributed by atoms with Crippen LogP contribution in [-0.2, 0) is 15.6 Å². The van der Waals surface area contributed by atoms with Gasteiger partial charge in [0.05, 0.1) is 12.7 Å². The van der Waals surface area contributed by atoms with Gasteiger partial charge in [0, 0.05) is 11.1 Å². The van der Waals surface area contributed by atoms with Crippen molar-refractivity contribution in [2.24, 2.45) is 0 Å². The lowest BCUT2D eigenvalue weighted by atomic mass is 9.85. The molecule has 0 amide bonds. The first kappa shape index (κ1) is 27.1. The van der Waals surface area contributed by atoms with Crippen LogP contribution in [0.1, 0.15) is 78.9 Å². The molecule has 0 saturated heterocycles. The molecular weight excluding hydrogens is 468 g/mol. The summed E-state index contributed by atoms with van der Waals surface area (Å²) in [5, 5.41) is 0. The highest BCUT2D eigenvalue weighted by Gasteiger charge is 2.21. The lowest BCUT2D eigenvalue weighted by Gasteiger charge is -2.20. The van der Waals surface area contributed by atoms with Crippen molar-refractivity contribution in [3.63, 3.8) is 0 Å². The fourth-order valence-electron chi connectivity index (χ4n) is 4.60. The van der Waals surface area contributed by atoms with Crippen molar-refractivity contribution in [2.45, 2.75) is 52.4 Å². The summed E-state index contributed by atoms with van der Waals surface area (Å²) in [6.07, 6.45) is 0. The van der Waals surface area contributed by atoms with Gasteiger partial charge in [-0.2, -0.15) is 0 Å². The standard InChI is InChI=1S/C35H36O3/c1-34(2,3)26-17-12-23(13-18-26)28-10-8-9-11-30(28)32(36)25-16-21-29(31(22-25)33(37)38-7)24-14-19-27(20-15-24)35(4,5)6/h8-22H,1-7H3. The van der Waals surface area contributed by atoms with Crippen LogP contribution in [0.2, 0.25) is 0 Å². The highest BCUT2D eigenvalue weighted by Crippen LogP contribution is 2.32. The van der Waals surface area contributed by atoms with Crippen molar-refractivity contribution in [3.05, 3.63) is 119 Å². The predicted molar refractivity (Wildman–Crippen MR) is 156 cm³/mol. The SMILES string of the molecule is COC(=O)c1cc(C(=O)c2ccccc2-c2ccc(C(C)(C)C)cc2)ccc1-c1ccc(C(C)(C)C)cc1. The zero-order chi connectivity index (χ0) is 27.7. The van der Waals surface area contributed by atoms with Crippen molar-refractivity contribution in [3.8, 4) is 22.3 Å². The van der Waals surface area contributed by atoms with E-state index in [2.05, 4.69) is 77.9 Å². The lowest BCUT2D eigenvalue weighted by molar-refractivity contribution is 0.0601. The summed E-state index contributed by atoms with van der Waals surface area (Å²) in [6.45, 7) is 13.0. The molecule has 0 heterocycles. The van der Waals surface area contributed by atoms with Gasteiger partial charge in [-0.25, -0.2) is 4.79 Å². The lowest BCUT2D eigenvalue weighted by Crippen LogP contribution is -2.11.